The second kappa shape index (κ2) is 8.97. The maximum Gasteiger partial charge on any atom is 0.283 e. The van der Waals surface area contributed by atoms with Crippen molar-refractivity contribution >= 4 is 22.4 Å². The first-order chi connectivity index (χ1) is 17.3. The Kier molecular flexibility index (Phi) is 5.81. The fraction of sp³-hybridized carbons (Fsp3) is 0.192. The molecule has 0 aliphatic heterocycles. The number of rotatable bonds is 5. The molecule has 0 radical (unpaired) electrons. The van der Waals surface area contributed by atoms with Gasteiger partial charge in [0.05, 0.1) is 23.9 Å². The van der Waals surface area contributed by atoms with Crippen LogP contribution in [0.5, 0.6) is 0 Å². The SMILES string of the molecule is CC(C)(C)c1cc(F)c2c(=O)n(-c3nccc(-n4ccc(Nc5ccccn5)n4)c3CO)ncc2c1. The molecule has 0 bridgehead atoms. The van der Waals surface area contributed by atoms with Crippen LogP contribution in [0.25, 0.3) is 22.3 Å². The monoisotopic (exact) mass is 485 g/mol. The molecular weight excluding hydrogens is 461 g/mol. The van der Waals surface area contributed by atoms with Crippen molar-refractivity contribution in [3.63, 3.8) is 0 Å². The van der Waals surface area contributed by atoms with Gasteiger partial charge >= 0.3 is 0 Å². The van der Waals surface area contributed by atoms with Crippen molar-refractivity contribution < 1.29 is 9.50 Å². The van der Waals surface area contributed by atoms with Crippen molar-refractivity contribution in [1.82, 2.24) is 29.5 Å². The summed E-state index contributed by atoms with van der Waals surface area (Å²) >= 11 is 0. The number of aliphatic hydroxyl groups excluding tert-OH is 1. The molecule has 0 unspecified atom stereocenters. The lowest BCUT2D eigenvalue weighted by molar-refractivity contribution is 0.280. The van der Waals surface area contributed by atoms with Crippen LogP contribution >= 0.6 is 0 Å². The Morgan fingerprint density at radius 1 is 1.06 bits per heavy atom. The summed E-state index contributed by atoms with van der Waals surface area (Å²) in [6, 6.07) is 12.0. The number of pyridine rings is 2. The predicted octanol–water partition coefficient (Wildman–Crippen LogP) is 4.03. The van der Waals surface area contributed by atoms with Crippen molar-refractivity contribution in [1.29, 1.82) is 0 Å². The Morgan fingerprint density at radius 2 is 1.89 bits per heavy atom. The molecule has 0 spiro atoms. The molecule has 10 heteroatoms. The van der Waals surface area contributed by atoms with E-state index in [2.05, 4.69) is 25.5 Å². The summed E-state index contributed by atoms with van der Waals surface area (Å²) in [7, 11) is 0. The molecule has 2 N–H and O–H groups in total. The quantitative estimate of drug-likeness (QED) is 0.387. The molecule has 0 aliphatic rings. The number of benzene rings is 1. The third-order valence-electron chi connectivity index (χ3n) is 5.83. The van der Waals surface area contributed by atoms with E-state index in [0.717, 1.165) is 10.2 Å². The van der Waals surface area contributed by atoms with Crippen molar-refractivity contribution in [2.24, 2.45) is 0 Å². The van der Waals surface area contributed by atoms with E-state index in [0.29, 0.717) is 28.3 Å². The number of halogens is 1. The van der Waals surface area contributed by atoms with E-state index in [-0.39, 0.29) is 16.6 Å². The molecule has 0 fully saturated rings. The summed E-state index contributed by atoms with van der Waals surface area (Å²) in [4.78, 5) is 21.8. The van der Waals surface area contributed by atoms with Crippen LogP contribution in [0.3, 0.4) is 0 Å². The van der Waals surface area contributed by atoms with Gasteiger partial charge in [0.25, 0.3) is 5.56 Å². The Bertz CT molecular complexity index is 1620. The number of nitrogens with zero attached hydrogens (tertiary/aromatic N) is 6. The zero-order chi connectivity index (χ0) is 25.4. The second-order valence-corrected chi connectivity index (χ2v) is 9.31. The Morgan fingerprint density at radius 3 is 2.61 bits per heavy atom. The van der Waals surface area contributed by atoms with E-state index in [1.54, 1.807) is 35.3 Å². The largest absolute Gasteiger partial charge is 0.391 e. The van der Waals surface area contributed by atoms with E-state index in [1.807, 2.05) is 39.0 Å². The van der Waals surface area contributed by atoms with Gasteiger partial charge < -0.3 is 10.4 Å². The van der Waals surface area contributed by atoms with Gasteiger partial charge in [0.1, 0.15) is 11.6 Å². The molecule has 5 aromatic rings. The highest BCUT2D eigenvalue weighted by Crippen LogP contribution is 2.27. The summed E-state index contributed by atoms with van der Waals surface area (Å²) in [6.45, 7) is 5.46. The summed E-state index contributed by atoms with van der Waals surface area (Å²) in [6.07, 6.45) is 6.29. The molecule has 0 atom stereocenters. The lowest BCUT2D eigenvalue weighted by atomic mass is 9.86. The molecule has 0 aliphatic carbocycles. The summed E-state index contributed by atoms with van der Waals surface area (Å²) in [5, 5.41) is 22.4. The van der Waals surface area contributed by atoms with E-state index < -0.39 is 18.0 Å². The second-order valence-electron chi connectivity index (χ2n) is 9.31. The molecule has 4 aromatic heterocycles. The number of aromatic nitrogens is 6. The molecule has 4 heterocycles. The van der Waals surface area contributed by atoms with E-state index in [9.17, 15) is 9.90 Å². The van der Waals surface area contributed by atoms with Gasteiger partial charge in [-0.3, -0.25) is 4.79 Å². The molecule has 182 valence electrons. The first-order valence-corrected chi connectivity index (χ1v) is 11.3. The zero-order valence-corrected chi connectivity index (χ0v) is 20.0. The van der Waals surface area contributed by atoms with Gasteiger partial charge in [-0.05, 0) is 41.3 Å². The highest BCUT2D eigenvalue weighted by molar-refractivity contribution is 5.82. The van der Waals surface area contributed by atoms with E-state index in [1.165, 1.54) is 18.5 Å². The minimum absolute atomic E-state index is 0.0879. The number of hydrogen-bond donors (Lipinski definition) is 2. The molecule has 0 saturated heterocycles. The molecular formula is C26H24FN7O2. The van der Waals surface area contributed by atoms with Gasteiger partial charge in [0.2, 0.25) is 0 Å². The third-order valence-corrected chi connectivity index (χ3v) is 5.83. The van der Waals surface area contributed by atoms with Crippen LogP contribution < -0.4 is 10.9 Å². The smallest absolute Gasteiger partial charge is 0.283 e. The first kappa shape index (κ1) is 23.3. The molecule has 36 heavy (non-hydrogen) atoms. The van der Waals surface area contributed by atoms with Gasteiger partial charge in [0, 0.05) is 35.6 Å². The van der Waals surface area contributed by atoms with Crippen molar-refractivity contribution in [3.05, 3.63) is 94.5 Å². The minimum Gasteiger partial charge on any atom is -0.391 e. The Labute approximate surface area is 205 Å². The Balaban J connectivity index is 1.59. The standard InChI is InChI=1S/C26H24FN7O2/c1-26(2,3)17-12-16-14-30-34(25(36)23(16)19(27)13-17)24-18(15-35)20(7-10-29-24)33-11-8-22(32-33)31-21-6-4-5-9-28-21/h4-14,35H,15H2,1-3H3,(H,28,31,32). The molecule has 9 nitrogen and oxygen atoms in total. The number of anilines is 2. The van der Waals surface area contributed by atoms with Crippen LogP contribution in [0.4, 0.5) is 16.0 Å². The lowest BCUT2D eigenvalue weighted by Crippen LogP contribution is -2.25. The topological polar surface area (TPSA) is 111 Å². The maximum atomic E-state index is 15.1. The summed E-state index contributed by atoms with van der Waals surface area (Å²) < 4.78 is 17.7. The first-order valence-electron chi connectivity index (χ1n) is 11.3. The average Bonchev–Trinajstić information content (AvgIpc) is 3.32. The van der Waals surface area contributed by atoms with Crippen molar-refractivity contribution in [2.45, 2.75) is 32.8 Å². The fourth-order valence-corrected chi connectivity index (χ4v) is 3.93. The predicted molar refractivity (Wildman–Crippen MR) is 134 cm³/mol. The van der Waals surface area contributed by atoms with Crippen LogP contribution in [0, 0.1) is 5.82 Å². The van der Waals surface area contributed by atoms with E-state index >= 15 is 4.39 Å². The van der Waals surface area contributed by atoms with E-state index in [4.69, 9.17) is 0 Å². The minimum atomic E-state index is -0.664. The van der Waals surface area contributed by atoms with Crippen LogP contribution in [-0.4, -0.2) is 34.6 Å². The molecule has 0 amide bonds. The highest BCUT2D eigenvalue weighted by atomic mass is 19.1. The number of nitrogens with one attached hydrogen (secondary N) is 1. The van der Waals surface area contributed by atoms with Gasteiger partial charge in [-0.15, -0.1) is 0 Å². The molecule has 5 rings (SSSR count). The number of hydrogen-bond acceptors (Lipinski definition) is 7. The third kappa shape index (κ3) is 4.22. The molecule has 1 aromatic carbocycles. The normalized spacial score (nSPS) is 11.7. The van der Waals surface area contributed by atoms with Crippen molar-refractivity contribution in [2.75, 3.05) is 5.32 Å². The summed E-state index contributed by atoms with van der Waals surface area (Å²) in [5.41, 5.74) is 0.608. The van der Waals surface area contributed by atoms with Gasteiger partial charge in [0.15, 0.2) is 11.6 Å². The van der Waals surface area contributed by atoms with Crippen LogP contribution in [0.2, 0.25) is 0 Å². The van der Waals surface area contributed by atoms with Gasteiger partial charge in [-0.1, -0.05) is 26.8 Å². The van der Waals surface area contributed by atoms with Gasteiger partial charge in [-0.2, -0.15) is 14.9 Å². The average molecular weight is 486 g/mol. The maximum absolute atomic E-state index is 15.1. The molecule has 0 saturated carbocycles. The van der Waals surface area contributed by atoms with Crippen LogP contribution in [0.1, 0.15) is 31.9 Å². The fourth-order valence-electron chi connectivity index (χ4n) is 3.93. The Hall–Kier alpha value is -4.44. The van der Waals surface area contributed by atoms with Crippen molar-refractivity contribution in [3.8, 4) is 11.5 Å². The summed E-state index contributed by atoms with van der Waals surface area (Å²) in [5.74, 6) is 0.631. The number of aliphatic hydroxyl groups is 1. The lowest BCUT2D eigenvalue weighted by Gasteiger charge is -2.20. The van der Waals surface area contributed by atoms with Crippen LogP contribution in [-0.2, 0) is 12.0 Å². The van der Waals surface area contributed by atoms with Gasteiger partial charge in [-0.25, -0.2) is 19.0 Å². The zero-order valence-electron chi connectivity index (χ0n) is 20.0. The van der Waals surface area contributed by atoms with Crippen LogP contribution in [0.15, 0.2) is 72.0 Å². The highest BCUT2D eigenvalue weighted by Gasteiger charge is 2.21. The number of fused-ring (bicyclic) bond motifs is 1.